The maximum absolute atomic E-state index is 11.8. The first-order chi connectivity index (χ1) is 7.09. The van der Waals surface area contributed by atoms with Crippen LogP contribution in [0, 0.1) is 5.92 Å². The number of hydrogen-bond donors (Lipinski definition) is 1. The second-order valence-electron chi connectivity index (χ2n) is 4.12. The van der Waals surface area contributed by atoms with Crippen molar-refractivity contribution in [2.45, 2.75) is 26.2 Å². The molecule has 0 radical (unpaired) electrons. The highest BCUT2D eigenvalue weighted by Gasteiger charge is 2.17. The molecule has 0 bridgehead atoms. The van der Waals surface area contributed by atoms with Crippen LogP contribution in [-0.4, -0.2) is 43.4 Å². The molecule has 1 amide bonds. The van der Waals surface area contributed by atoms with Crippen molar-refractivity contribution in [3.8, 4) is 0 Å². The Kier molecular flexibility index (Phi) is 4.94. The molecule has 0 aliphatic carbocycles. The van der Waals surface area contributed by atoms with E-state index in [4.69, 9.17) is 0 Å². The van der Waals surface area contributed by atoms with Crippen LogP contribution in [0.2, 0.25) is 0 Å². The standard InChI is InChI=1S/C10H18F2N2O/c1-8-2-5-14(6-3-8)7-4-13-10(15)9(11)12/h8-9H,2-7H2,1H3,(H,13,15). The Bertz CT molecular complexity index is 204. The van der Waals surface area contributed by atoms with Crippen molar-refractivity contribution in [3.63, 3.8) is 0 Å². The minimum Gasteiger partial charge on any atom is -0.350 e. The highest BCUT2D eigenvalue weighted by molar-refractivity contribution is 5.78. The molecule has 0 atom stereocenters. The number of nitrogens with zero attached hydrogens (tertiary/aromatic N) is 1. The van der Waals surface area contributed by atoms with Gasteiger partial charge in [0.2, 0.25) is 0 Å². The summed E-state index contributed by atoms with van der Waals surface area (Å²) in [5, 5.41) is 2.21. The van der Waals surface area contributed by atoms with Gasteiger partial charge < -0.3 is 10.2 Å². The SMILES string of the molecule is CC1CCN(CCNC(=O)C(F)F)CC1. The lowest BCUT2D eigenvalue weighted by Crippen LogP contribution is -2.40. The van der Waals surface area contributed by atoms with Crippen molar-refractivity contribution in [1.82, 2.24) is 10.2 Å². The van der Waals surface area contributed by atoms with E-state index in [1.807, 2.05) is 0 Å². The number of carbonyl (C=O) groups is 1. The van der Waals surface area contributed by atoms with Crippen LogP contribution in [0.25, 0.3) is 0 Å². The fraction of sp³-hybridized carbons (Fsp3) is 0.900. The van der Waals surface area contributed by atoms with Gasteiger partial charge in [-0.2, -0.15) is 8.78 Å². The zero-order valence-corrected chi connectivity index (χ0v) is 9.01. The molecule has 0 unspecified atom stereocenters. The number of alkyl halides is 2. The molecule has 1 aliphatic rings. The predicted molar refractivity (Wildman–Crippen MR) is 53.9 cm³/mol. The number of carbonyl (C=O) groups excluding carboxylic acids is 1. The van der Waals surface area contributed by atoms with Crippen LogP contribution >= 0.6 is 0 Å². The second-order valence-corrected chi connectivity index (χ2v) is 4.12. The van der Waals surface area contributed by atoms with Crippen LogP contribution in [0.1, 0.15) is 19.8 Å². The molecule has 0 aromatic rings. The summed E-state index contributed by atoms with van der Waals surface area (Å²) in [6, 6.07) is 0. The third-order valence-electron chi connectivity index (χ3n) is 2.80. The molecule has 0 aromatic carbocycles. The summed E-state index contributed by atoms with van der Waals surface area (Å²) < 4.78 is 23.6. The van der Waals surface area contributed by atoms with Crippen LogP contribution in [-0.2, 0) is 4.79 Å². The average molecular weight is 220 g/mol. The number of piperidine rings is 1. The third kappa shape index (κ3) is 4.55. The number of nitrogens with one attached hydrogen (secondary N) is 1. The van der Waals surface area contributed by atoms with Crippen molar-refractivity contribution >= 4 is 5.91 Å². The molecule has 15 heavy (non-hydrogen) atoms. The molecule has 1 fully saturated rings. The lowest BCUT2D eigenvalue weighted by Gasteiger charge is -2.30. The Morgan fingerprint density at radius 3 is 2.60 bits per heavy atom. The first-order valence-corrected chi connectivity index (χ1v) is 5.38. The molecule has 0 saturated carbocycles. The summed E-state index contributed by atoms with van der Waals surface area (Å²) in [5.41, 5.74) is 0. The quantitative estimate of drug-likeness (QED) is 0.769. The summed E-state index contributed by atoms with van der Waals surface area (Å²) in [4.78, 5) is 12.8. The molecule has 0 aromatic heterocycles. The van der Waals surface area contributed by atoms with Crippen LogP contribution < -0.4 is 5.32 Å². The maximum atomic E-state index is 11.8. The number of amides is 1. The van der Waals surface area contributed by atoms with Gasteiger partial charge >= 0.3 is 6.43 Å². The van der Waals surface area contributed by atoms with Crippen molar-refractivity contribution in [3.05, 3.63) is 0 Å². The smallest absolute Gasteiger partial charge is 0.315 e. The third-order valence-corrected chi connectivity index (χ3v) is 2.80. The van der Waals surface area contributed by atoms with E-state index >= 15 is 0 Å². The molecule has 1 rings (SSSR count). The Balaban J connectivity index is 2.08. The Hall–Kier alpha value is -0.710. The van der Waals surface area contributed by atoms with Gasteiger partial charge in [-0.3, -0.25) is 4.79 Å². The van der Waals surface area contributed by atoms with Crippen molar-refractivity contribution in [2.24, 2.45) is 5.92 Å². The summed E-state index contributed by atoms with van der Waals surface area (Å²) in [5.74, 6) is -0.405. The molecule has 0 spiro atoms. The Labute approximate surface area is 88.8 Å². The van der Waals surface area contributed by atoms with E-state index in [-0.39, 0.29) is 0 Å². The van der Waals surface area contributed by atoms with Gasteiger partial charge in [-0.1, -0.05) is 6.92 Å². The monoisotopic (exact) mass is 220 g/mol. The predicted octanol–water partition coefficient (Wildman–Crippen LogP) is 1.10. The van der Waals surface area contributed by atoms with Gasteiger partial charge in [-0.15, -0.1) is 0 Å². The summed E-state index contributed by atoms with van der Waals surface area (Å²) in [6.07, 6.45) is -0.586. The van der Waals surface area contributed by atoms with E-state index in [9.17, 15) is 13.6 Å². The van der Waals surface area contributed by atoms with E-state index in [1.165, 1.54) is 0 Å². The fourth-order valence-electron chi connectivity index (χ4n) is 1.70. The molecule has 1 saturated heterocycles. The number of rotatable bonds is 4. The summed E-state index contributed by atoms with van der Waals surface area (Å²) in [6.45, 7) is 5.22. The van der Waals surface area contributed by atoms with Crippen molar-refractivity contribution < 1.29 is 13.6 Å². The van der Waals surface area contributed by atoms with Crippen LogP contribution in [0.4, 0.5) is 8.78 Å². The van der Waals surface area contributed by atoms with Crippen LogP contribution in [0.3, 0.4) is 0 Å². The molecular formula is C10H18F2N2O. The largest absolute Gasteiger partial charge is 0.350 e. The van der Waals surface area contributed by atoms with Crippen LogP contribution in [0.15, 0.2) is 0 Å². The van der Waals surface area contributed by atoms with Gasteiger partial charge in [-0.25, -0.2) is 0 Å². The van der Waals surface area contributed by atoms with E-state index in [2.05, 4.69) is 17.1 Å². The average Bonchev–Trinajstić information content (AvgIpc) is 2.20. The first kappa shape index (κ1) is 12.4. The fourth-order valence-corrected chi connectivity index (χ4v) is 1.70. The summed E-state index contributed by atoms with van der Waals surface area (Å²) >= 11 is 0. The highest BCUT2D eigenvalue weighted by atomic mass is 19.3. The molecule has 5 heteroatoms. The second kappa shape index (κ2) is 6.00. The number of hydrogen-bond acceptors (Lipinski definition) is 2. The highest BCUT2D eigenvalue weighted by Crippen LogP contribution is 2.14. The van der Waals surface area contributed by atoms with E-state index in [0.29, 0.717) is 13.1 Å². The normalized spacial score (nSPS) is 19.5. The van der Waals surface area contributed by atoms with Gasteiger partial charge in [0.05, 0.1) is 0 Å². The van der Waals surface area contributed by atoms with Gasteiger partial charge in [0.25, 0.3) is 5.91 Å². The molecule has 1 N–H and O–H groups in total. The Morgan fingerprint density at radius 1 is 1.47 bits per heavy atom. The molecule has 1 aliphatic heterocycles. The van der Waals surface area contributed by atoms with E-state index in [0.717, 1.165) is 31.8 Å². The van der Waals surface area contributed by atoms with E-state index in [1.54, 1.807) is 0 Å². The van der Waals surface area contributed by atoms with Gasteiger partial charge in [-0.05, 0) is 31.8 Å². The topological polar surface area (TPSA) is 32.3 Å². The number of likely N-dealkylation sites (tertiary alicyclic amines) is 1. The first-order valence-electron chi connectivity index (χ1n) is 5.38. The maximum Gasteiger partial charge on any atom is 0.315 e. The molecule has 1 heterocycles. The summed E-state index contributed by atoms with van der Waals surface area (Å²) in [7, 11) is 0. The lowest BCUT2D eigenvalue weighted by molar-refractivity contribution is -0.131. The zero-order chi connectivity index (χ0) is 11.3. The lowest BCUT2D eigenvalue weighted by atomic mass is 9.99. The van der Waals surface area contributed by atoms with Gasteiger partial charge in [0, 0.05) is 13.1 Å². The van der Waals surface area contributed by atoms with Crippen molar-refractivity contribution in [1.29, 1.82) is 0 Å². The van der Waals surface area contributed by atoms with Gasteiger partial charge in [0.15, 0.2) is 0 Å². The number of halogens is 2. The molecule has 88 valence electrons. The van der Waals surface area contributed by atoms with Crippen molar-refractivity contribution in [2.75, 3.05) is 26.2 Å². The van der Waals surface area contributed by atoms with Gasteiger partial charge in [0.1, 0.15) is 0 Å². The van der Waals surface area contributed by atoms with Crippen LogP contribution in [0.5, 0.6) is 0 Å². The Morgan fingerprint density at radius 2 is 2.07 bits per heavy atom. The molecular weight excluding hydrogens is 202 g/mol. The zero-order valence-electron chi connectivity index (χ0n) is 9.01. The molecule has 3 nitrogen and oxygen atoms in total. The van der Waals surface area contributed by atoms with E-state index < -0.39 is 12.3 Å². The minimum absolute atomic E-state index is 0.317. The minimum atomic E-state index is -2.90.